The molecule has 1 aromatic carbocycles. The zero-order valence-electron chi connectivity index (χ0n) is 11.4. The molecule has 0 aliphatic rings. The SMILES string of the molecule is Cc1ncc(CNC(=O)N[C@@H](C(=O)O)c2ccccc2)s1. The first-order valence-electron chi connectivity index (χ1n) is 6.29. The fourth-order valence-electron chi connectivity index (χ4n) is 1.77. The molecule has 0 aliphatic carbocycles. The summed E-state index contributed by atoms with van der Waals surface area (Å²) in [5.74, 6) is -1.11. The van der Waals surface area contributed by atoms with Crippen molar-refractivity contribution >= 4 is 23.3 Å². The summed E-state index contributed by atoms with van der Waals surface area (Å²) in [6.07, 6.45) is 1.69. The number of hydrogen-bond acceptors (Lipinski definition) is 4. The van der Waals surface area contributed by atoms with Crippen molar-refractivity contribution in [3.8, 4) is 0 Å². The minimum atomic E-state index is -1.11. The molecule has 1 heterocycles. The molecule has 0 saturated heterocycles. The molecule has 0 fully saturated rings. The van der Waals surface area contributed by atoms with Gasteiger partial charge in [0.05, 0.1) is 11.6 Å². The van der Waals surface area contributed by atoms with Crippen LogP contribution in [0.15, 0.2) is 36.5 Å². The van der Waals surface area contributed by atoms with Crippen LogP contribution in [-0.2, 0) is 11.3 Å². The van der Waals surface area contributed by atoms with E-state index in [4.69, 9.17) is 0 Å². The van der Waals surface area contributed by atoms with Gasteiger partial charge in [-0.15, -0.1) is 11.3 Å². The number of carboxylic acids is 1. The van der Waals surface area contributed by atoms with Crippen LogP contribution in [0.1, 0.15) is 21.5 Å². The van der Waals surface area contributed by atoms with E-state index in [0.29, 0.717) is 12.1 Å². The Labute approximate surface area is 125 Å². The van der Waals surface area contributed by atoms with Crippen LogP contribution in [0.4, 0.5) is 4.79 Å². The summed E-state index contributed by atoms with van der Waals surface area (Å²) in [7, 11) is 0. The van der Waals surface area contributed by atoms with Crippen molar-refractivity contribution in [2.45, 2.75) is 19.5 Å². The highest BCUT2D eigenvalue weighted by Crippen LogP contribution is 2.13. The number of hydrogen-bond donors (Lipinski definition) is 3. The highest BCUT2D eigenvalue weighted by Gasteiger charge is 2.21. The van der Waals surface area contributed by atoms with E-state index in [-0.39, 0.29) is 0 Å². The van der Waals surface area contributed by atoms with Gasteiger partial charge in [-0.3, -0.25) is 0 Å². The summed E-state index contributed by atoms with van der Waals surface area (Å²) in [6, 6.07) is 6.95. The van der Waals surface area contributed by atoms with Crippen molar-refractivity contribution < 1.29 is 14.7 Å². The number of benzene rings is 1. The van der Waals surface area contributed by atoms with Crippen LogP contribution in [0.5, 0.6) is 0 Å². The first-order valence-corrected chi connectivity index (χ1v) is 7.11. The van der Waals surface area contributed by atoms with E-state index in [9.17, 15) is 14.7 Å². The lowest BCUT2D eigenvalue weighted by atomic mass is 10.1. The molecule has 0 bridgehead atoms. The van der Waals surface area contributed by atoms with Gasteiger partial charge < -0.3 is 15.7 Å². The number of aliphatic carboxylic acids is 1. The van der Waals surface area contributed by atoms with Crippen molar-refractivity contribution in [1.29, 1.82) is 0 Å². The quantitative estimate of drug-likeness (QED) is 0.788. The van der Waals surface area contributed by atoms with E-state index >= 15 is 0 Å². The van der Waals surface area contributed by atoms with Crippen molar-refractivity contribution in [3.05, 3.63) is 52.0 Å². The van der Waals surface area contributed by atoms with E-state index in [1.165, 1.54) is 11.3 Å². The predicted molar refractivity (Wildman–Crippen MR) is 79.0 cm³/mol. The molecule has 2 aromatic rings. The third-order valence-corrected chi connectivity index (χ3v) is 3.66. The number of nitrogens with one attached hydrogen (secondary N) is 2. The van der Waals surface area contributed by atoms with Crippen LogP contribution in [0.2, 0.25) is 0 Å². The third-order valence-electron chi connectivity index (χ3n) is 2.75. The van der Waals surface area contributed by atoms with E-state index in [1.807, 2.05) is 6.92 Å². The summed E-state index contributed by atoms with van der Waals surface area (Å²) >= 11 is 1.48. The van der Waals surface area contributed by atoms with Gasteiger partial charge in [0.15, 0.2) is 6.04 Å². The molecular formula is C14H15N3O3S. The molecular weight excluding hydrogens is 290 g/mol. The molecule has 1 atom stereocenters. The largest absolute Gasteiger partial charge is 0.479 e. The lowest BCUT2D eigenvalue weighted by molar-refractivity contribution is -0.139. The third kappa shape index (κ3) is 4.28. The van der Waals surface area contributed by atoms with Crippen LogP contribution in [-0.4, -0.2) is 22.1 Å². The number of thiazole rings is 1. The second-order valence-corrected chi connectivity index (χ2v) is 5.67. The molecule has 2 rings (SSSR count). The first kappa shape index (κ1) is 15.0. The Kier molecular flexibility index (Phi) is 4.89. The zero-order valence-corrected chi connectivity index (χ0v) is 12.2. The average molecular weight is 305 g/mol. The van der Waals surface area contributed by atoms with Gasteiger partial charge in [0.2, 0.25) is 0 Å². The molecule has 1 aromatic heterocycles. The lowest BCUT2D eigenvalue weighted by Gasteiger charge is -2.15. The highest BCUT2D eigenvalue weighted by molar-refractivity contribution is 7.11. The molecule has 0 aliphatic heterocycles. The van der Waals surface area contributed by atoms with Crippen molar-refractivity contribution in [1.82, 2.24) is 15.6 Å². The molecule has 3 N–H and O–H groups in total. The van der Waals surface area contributed by atoms with Crippen LogP contribution < -0.4 is 10.6 Å². The predicted octanol–water partition coefficient (Wildman–Crippen LogP) is 2.08. The van der Waals surface area contributed by atoms with Crippen molar-refractivity contribution in [3.63, 3.8) is 0 Å². The van der Waals surface area contributed by atoms with Gasteiger partial charge >= 0.3 is 12.0 Å². The van der Waals surface area contributed by atoms with Crippen LogP contribution in [0.3, 0.4) is 0 Å². The van der Waals surface area contributed by atoms with Gasteiger partial charge in [-0.1, -0.05) is 30.3 Å². The number of urea groups is 1. The maximum absolute atomic E-state index is 11.8. The number of carboxylic acid groups (broad SMARTS) is 1. The zero-order chi connectivity index (χ0) is 15.2. The molecule has 110 valence electrons. The Morgan fingerprint density at radius 1 is 1.33 bits per heavy atom. The van der Waals surface area contributed by atoms with E-state index in [0.717, 1.165) is 9.88 Å². The molecule has 21 heavy (non-hydrogen) atoms. The normalized spacial score (nSPS) is 11.7. The number of carbonyl (C=O) groups is 2. The van der Waals surface area contributed by atoms with Gasteiger partial charge in [-0.2, -0.15) is 0 Å². The standard InChI is InChI=1S/C14H15N3O3S/c1-9-15-7-11(21-9)8-16-14(20)17-12(13(18)19)10-5-3-2-4-6-10/h2-7,12H,8H2,1H3,(H,18,19)(H2,16,17,20)/t12-/m1/s1. The summed E-state index contributed by atoms with van der Waals surface area (Å²) in [5.41, 5.74) is 0.522. The van der Waals surface area contributed by atoms with Gasteiger partial charge in [0.1, 0.15) is 0 Å². The molecule has 6 nitrogen and oxygen atoms in total. The molecule has 2 amide bonds. The van der Waals surface area contributed by atoms with Gasteiger partial charge in [-0.25, -0.2) is 14.6 Å². The highest BCUT2D eigenvalue weighted by atomic mass is 32.1. The van der Waals surface area contributed by atoms with E-state index < -0.39 is 18.0 Å². The minimum absolute atomic E-state index is 0.318. The molecule has 0 unspecified atom stereocenters. The monoisotopic (exact) mass is 305 g/mol. The molecule has 0 saturated carbocycles. The van der Waals surface area contributed by atoms with Gasteiger partial charge in [0.25, 0.3) is 0 Å². The van der Waals surface area contributed by atoms with Gasteiger partial charge in [0, 0.05) is 11.1 Å². The molecule has 0 radical (unpaired) electrons. The van der Waals surface area contributed by atoms with E-state index in [2.05, 4.69) is 15.6 Å². The number of carbonyl (C=O) groups excluding carboxylic acids is 1. The number of aromatic nitrogens is 1. The van der Waals surface area contributed by atoms with Crippen molar-refractivity contribution in [2.75, 3.05) is 0 Å². The second kappa shape index (κ2) is 6.85. The fraction of sp³-hybridized carbons (Fsp3) is 0.214. The Morgan fingerprint density at radius 3 is 2.62 bits per heavy atom. The summed E-state index contributed by atoms with van der Waals surface area (Å²) < 4.78 is 0. The Bertz CT molecular complexity index is 627. The maximum atomic E-state index is 11.8. The van der Waals surface area contributed by atoms with Gasteiger partial charge in [-0.05, 0) is 12.5 Å². The van der Waals surface area contributed by atoms with E-state index in [1.54, 1.807) is 36.5 Å². The van der Waals surface area contributed by atoms with Crippen LogP contribution >= 0.6 is 11.3 Å². The average Bonchev–Trinajstić information content (AvgIpc) is 2.89. The number of nitrogens with zero attached hydrogens (tertiary/aromatic N) is 1. The van der Waals surface area contributed by atoms with Crippen molar-refractivity contribution in [2.24, 2.45) is 0 Å². The maximum Gasteiger partial charge on any atom is 0.330 e. The summed E-state index contributed by atoms with van der Waals surface area (Å²) in [4.78, 5) is 28.1. The first-order chi connectivity index (χ1) is 10.1. The van der Waals surface area contributed by atoms with Crippen LogP contribution in [0.25, 0.3) is 0 Å². The Hall–Kier alpha value is -2.41. The lowest BCUT2D eigenvalue weighted by Crippen LogP contribution is -2.40. The number of rotatable bonds is 5. The number of aryl methyl sites for hydroxylation is 1. The second-order valence-electron chi connectivity index (χ2n) is 4.35. The topological polar surface area (TPSA) is 91.3 Å². The molecule has 7 heteroatoms. The minimum Gasteiger partial charge on any atom is -0.479 e. The summed E-state index contributed by atoms with van der Waals surface area (Å²) in [5, 5.41) is 15.2. The number of amides is 2. The summed E-state index contributed by atoms with van der Waals surface area (Å²) in [6.45, 7) is 2.20. The molecule has 0 spiro atoms. The van der Waals surface area contributed by atoms with Crippen LogP contribution in [0, 0.1) is 6.92 Å². The fourth-order valence-corrected chi connectivity index (χ4v) is 2.50. The smallest absolute Gasteiger partial charge is 0.330 e. The Morgan fingerprint density at radius 2 is 2.05 bits per heavy atom. The Balaban J connectivity index is 1.94.